The predicted octanol–water partition coefficient (Wildman–Crippen LogP) is 3.23. The first kappa shape index (κ1) is 16.7. The summed E-state index contributed by atoms with van der Waals surface area (Å²) in [4.78, 5) is 23.7. The molecule has 0 radical (unpaired) electrons. The van der Waals surface area contributed by atoms with Gasteiger partial charge in [0.25, 0.3) is 11.7 Å². The van der Waals surface area contributed by atoms with Crippen molar-refractivity contribution >= 4 is 11.7 Å². The third-order valence-electron chi connectivity index (χ3n) is 5.31. The highest BCUT2D eigenvalue weighted by atomic mass is 16.2. The Morgan fingerprint density at radius 3 is 2.81 bits per heavy atom. The van der Waals surface area contributed by atoms with E-state index < -0.39 is 0 Å². The van der Waals surface area contributed by atoms with Crippen LogP contribution in [0.1, 0.15) is 54.0 Å². The highest BCUT2D eigenvalue weighted by Crippen LogP contribution is 2.34. The number of aromatic nitrogens is 4. The van der Waals surface area contributed by atoms with Crippen LogP contribution in [0, 0.1) is 6.92 Å². The van der Waals surface area contributed by atoms with E-state index in [4.69, 9.17) is 0 Å². The molecule has 0 saturated carbocycles. The van der Waals surface area contributed by atoms with Gasteiger partial charge in [-0.05, 0) is 37.8 Å². The molecule has 1 aliphatic rings. The summed E-state index contributed by atoms with van der Waals surface area (Å²) in [5.74, 6) is 0.951. The van der Waals surface area contributed by atoms with Crippen LogP contribution in [0.25, 0.3) is 5.78 Å². The van der Waals surface area contributed by atoms with E-state index in [-0.39, 0.29) is 17.8 Å². The maximum Gasteiger partial charge on any atom is 0.293 e. The van der Waals surface area contributed by atoms with Gasteiger partial charge in [0.1, 0.15) is 0 Å². The Balaban J connectivity index is 1.64. The van der Waals surface area contributed by atoms with Gasteiger partial charge in [-0.15, -0.1) is 5.10 Å². The molecule has 3 aromatic rings. The van der Waals surface area contributed by atoms with Crippen molar-refractivity contribution in [3.8, 4) is 0 Å². The minimum absolute atomic E-state index is 0.0909. The van der Waals surface area contributed by atoms with Crippen molar-refractivity contribution in [3.63, 3.8) is 0 Å². The Hall–Kier alpha value is -2.76. The number of likely N-dealkylation sites (tertiary alicyclic amines) is 1. The first-order valence-electron chi connectivity index (χ1n) is 9.23. The number of amides is 1. The Morgan fingerprint density at radius 2 is 2.08 bits per heavy atom. The van der Waals surface area contributed by atoms with E-state index >= 15 is 0 Å². The second-order valence-electron chi connectivity index (χ2n) is 6.87. The number of hydrogen-bond acceptors (Lipinski definition) is 4. The number of carbonyl (C=O) groups excluding carboxylic acids is 1. The van der Waals surface area contributed by atoms with Crippen molar-refractivity contribution in [2.45, 2.75) is 45.1 Å². The second kappa shape index (κ2) is 6.86. The van der Waals surface area contributed by atoms with Gasteiger partial charge in [-0.25, -0.2) is 9.50 Å². The van der Waals surface area contributed by atoms with Crippen molar-refractivity contribution in [2.24, 2.45) is 0 Å². The highest BCUT2D eigenvalue weighted by molar-refractivity contribution is 5.91. The Labute approximate surface area is 152 Å². The predicted molar refractivity (Wildman–Crippen MR) is 99.1 cm³/mol. The highest BCUT2D eigenvalue weighted by Gasteiger charge is 2.36. The van der Waals surface area contributed by atoms with Gasteiger partial charge in [-0.2, -0.15) is 4.98 Å². The summed E-state index contributed by atoms with van der Waals surface area (Å²) < 4.78 is 1.63. The Kier molecular flexibility index (Phi) is 4.41. The molecular weight excluding hydrogens is 326 g/mol. The lowest BCUT2D eigenvalue weighted by molar-refractivity contribution is 0.0702. The Morgan fingerprint density at radius 1 is 1.27 bits per heavy atom. The van der Waals surface area contributed by atoms with Crippen LogP contribution in [0.5, 0.6) is 0 Å². The van der Waals surface area contributed by atoms with Gasteiger partial charge < -0.3 is 4.90 Å². The maximum absolute atomic E-state index is 13.1. The van der Waals surface area contributed by atoms with E-state index in [9.17, 15) is 4.79 Å². The molecule has 0 N–H and O–H groups in total. The molecule has 1 aliphatic heterocycles. The molecule has 1 saturated heterocycles. The number of hydrogen-bond donors (Lipinski definition) is 0. The van der Waals surface area contributed by atoms with Gasteiger partial charge >= 0.3 is 0 Å². The fourth-order valence-electron chi connectivity index (χ4n) is 4.02. The van der Waals surface area contributed by atoms with E-state index in [1.54, 1.807) is 10.7 Å². The summed E-state index contributed by atoms with van der Waals surface area (Å²) in [5, 5.41) is 4.40. The molecular formula is C20H23N5O. The molecule has 4 rings (SSSR count). The lowest BCUT2D eigenvalue weighted by Crippen LogP contribution is -2.39. The smallest absolute Gasteiger partial charge is 0.293 e. The SMILES string of the molecule is CC[C@H](c1ccccc1)[C@H]1CCCN1C(=O)c1nc2nccc(C)n2n1. The lowest BCUT2D eigenvalue weighted by Gasteiger charge is -2.31. The van der Waals surface area contributed by atoms with Crippen LogP contribution in [0.2, 0.25) is 0 Å². The minimum Gasteiger partial charge on any atom is -0.332 e. The molecule has 134 valence electrons. The summed E-state index contributed by atoms with van der Waals surface area (Å²) in [7, 11) is 0. The van der Waals surface area contributed by atoms with Crippen LogP contribution >= 0.6 is 0 Å². The molecule has 0 aliphatic carbocycles. The van der Waals surface area contributed by atoms with Crippen LogP contribution in [0.15, 0.2) is 42.6 Å². The quantitative estimate of drug-likeness (QED) is 0.725. The van der Waals surface area contributed by atoms with E-state index in [0.29, 0.717) is 11.7 Å². The molecule has 0 bridgehead atoms. The number of aryl methyl sites for hydroxylation is 1. The van der Waals surface area contributed by atoms with E-state index in [1.165, 1.54) is 5.56 Å². The van der Waals surface area contributed by atoms with Crippen molar-refractivity contribution < 1.29 is 4.79 Å². The summed E-state index contributed by atoms with van der Waals surface area (Å²) >= 11 is 0. The van der Waals surface area contributed by atoms with E-state index in [1.807, 2.05) is 24.0 Å². The third kappa shape index (κ3) is 2.85. The average Bonchev–Trinajstić information content (AvgIpc) is 3.31. The molecule has 26 heavy (non-hydrogen) atoms. The Bertz CT molecular complexity index is 920. The zero-order valence-corrected chi connectivity index (χ0v) is 15.2. The van der Waals surface area contributed by atoms with Crippen molar-refractivity contribution in [2.75, 3.05) is 6.54 Å². The molecule has 1 fully saturated rings. The minimum atomic E-state index is -0.0909. The van der Waals surface area contributed by atoms with E-state index in [2.05, 4.69) is 46.3 Å². The summed E-state index contributed by atoms with van der Waals surface area (Å²) in [6.07, 6.45) is 4.72. The molecule has 3 heterocycles. The van der Waals surface area contributed by atoms with Crippen molar-refractivity contribution in [1.29, 1.82) is 0 Å². The molecule has 0 unspecified atom stereocenters. The molecule has 1 amide bonds. The first-order valence-corrected chi connectivity index (χ1v) is 9.23. The molecule has 0 spiro atoms. The molecule has 6 nitrogen and oxygen atoms in total. The lowest BCUT2D eigenvalue weighted by atomic mass is 9.87. The van der Waals surface area contributed by atoms with Crippen molar-refractivity contribution in [3.05, 3.63) is 59.7 Å². The summed E-state index contributed by atoms with van der Waals surface area (Å²) in [5.41, 5.74) is 2.20. The van der Waals surface area contributed by atoms with Crippen LogP contribution in [-0.4, -0.2) is 43.0 Å². The van der Waals surface area contributed by atoms with Gasteiger partial charge in [0.2, 0.25) is 5.82 Å². The number of benzene rings is 1. The van der Waals surface area contributed by atoms with Crippen LogP contribution in [-0.2, 0) is 0 Å². The van der Waals surface area contributed by atoms with Gasteiger partial charge in [0, 0.05) is 30.4 Å². The standard InChI is InChI=1S/C20H23N5O/c1-3-16(15-8-5-4-6-9-15)17-10-7-13-24(17)19(26)18-22-20-21-12-11-14(2)25(20)23-18/h4-6,8-9,11-12,16-17H,3,7,10,13H2,1-2H3/t16-,17-/m1/s1. The number of nitrogens with zero attached hydrogens (tertiary/aromatic N) is 5. The van der Waals surface area contributed by atoms with Gasteiger partial charge in [-0.3, -0.25) is 4.79 Å². The van der Waals surface area contributed by atoms with Crippen LogP contribution < -0.4 is 0 Å². The fourth-order valence-corrected chi connectivity index (χ4v) is 4.02. The summed E-state index contributed by atoms with van der Waals surface area (Å²) in [6, 6.07) is 12.5. The van der Waals surface area contributed by atoms with Gasteiger partial charge in [0.15, 0.2) is 0 Å². The third-order valence-corrected chi connectivity index (χ3v) is 5.31. The number of fused-ring (bicyclic) bond motifs is 1. The normalized spacial score (nSPS) is 18.4. The number of rotatable bonds is 4. The summed E-state index contributed by atoms with van der Waals surface area (Å²) in [6.45, 7) is 4.88. The van der Waals surface area contributed by atoms with Crippen molar-refractivity contribution in [1.82, 2.24) is 24.5 Å². The topological polar surface area (TPSA) is 63.4 Å². The maximum atomic E-state index is 13.1. The zero-order valence-electron chi connectivity index (χ0n) is 15.2. The van der Waals surface area contributed by atoms with Gasteiger partial charge in [0.05, 0.1) is 0 Å². The monoisotopic (exact) mass is 349 g/mol. The zero-order chi connectivity index (χ0) is 18.1. The molecule has 2 aromatic heterocycles. The van der Waals surface area contributed by atoms with Crippen LogP contribution in [0.3, 0.4) is 0 Å². The average molecular weight is 349 g/mol. The fraction of sp³-hybridized carbons (Fsp3) is 0.400. The molecule has 2 atom stereocenters. The second-order valence-corrected chi connectivity index (χ2v) is 6.87. The van der Waals surface area contributed by atoms with Crippen LogP contribution in [0.4, 0.5) is 0 Å². The molecule has 1 aromatic carbocycles. The van der Waals surface area contributed by atoms with E-state index in [0.717, 1.165) is 31.5 Å². The first-order chi connectivity index (χ1) is 12.7. The number of carbonyl (C=O) groups is 1. The molecule has 6 heteroatoms. The largest absolute Gasteiger partial charge is 0.332 e. The van der Waals surface area contributed by atoms with Gasteiger partial charge in [-0.1, -0.05) is 37.3 Å².